The van der Waals surface area contributed by atoms with E-state index in [9.17, 15) is 9.59 Å². The number of likely N-dealkylation sites (N-methyl/N-ethyl adjacent to an activating group) is 1. The van der Waals surface area contributed by atoms with Crippen LogP contribution in [0.3, 0.4) is 0 Å². The highest BCUT2D eigenvalue weighted by Gasteiger charge is 2.29. The van der Waals surface area contributed by atoms with Crippen LogP contribution in [0.1, 0.15) is 5.82 Å². The smallest absolute Gasteiger partial charge is 0.252 e. The van der Waals surface area contributed by atoms with Crippen LogP contribution in [0, 0.1) is 6.92 Å². The van der Waals surface area contributed by atoms with Crippen LogP contribution in [0.15, 0.2) is 10.9 Å². The Balaban J connectivity index is 2.33. The number of rotatable bonds is 2. The van der Waals surface area contributed by atoms with Crippen molar-refractivity contribution < 1.29 is 4.79 Å². The van der Waals surface area contributed by atoms with Gasteiger partial charge in [0.1, 0.15) is 17.7 Å². The monoisotopic (exact) mass is 251 g/mol. The summed E-state index contributed by atoms with van der Waals surface area (Å²) in [4.78, 5) is 32.0. The summed E-state index contributed by atoms with van der Waals surface area (Å²) in [5.74, 6) is 1.01. The van der Waals surface area contributed by atoms with Gasteiger partial charge in [0, 0.05) is 32.7 Å². The van der Waals surface area contributed by atoms with Crippen LogP contribution in [0.5, 0.6) is 0 Å². The van der Waals surface area contributed by atoms with E-state index in [1.165, 1.54) is 6.07 Å². The molecule has 3 N–H and O–H groups in total. The number of carbonyl (C=O) groups excluding carboxylic acids is 1. The van der Waals surface area contributed by atoms with Crippen LogP contribution in [0.2, 0.25) is 0 Å². The van der Waals surface area contributed by atoms with Crippen LogP contribution in [0.4, 0.5) is 5.82 Å². The van der Waals surface area contributed by atoms with Gasteiger partial charge in [-0.05, 0) is 6.92 Å². The van der Waals surface area contributed by atoms with E-state index in [1.807, 2.05) is 4.90 Å². The van der Waals surface area contributed by atoms with E-state index in [1.54, 1.807) is 14.0 Å². The molecule has 7 nitrogen and oxygen atoms in total. The van der Waals surface area contributed by atoms with Crippen molar-refractivity contribution in [3.8, 4) is 0 Å². The largest absolute Gasteiger partial charge is 0.357 e. The first kappa shape index (κ1) is 12.6. The molecule has 98 valence electrons. The van der Waals surface area contributed by atoms with Gasteiger partial charge in [-0.25, -0.2) is 4.98 Å². The second-order valence-electron chi connectivity index (χ2n) is 4.22. The minimum Gasteiger partial charge on any atom is -0.357 e. The lowest BCUT2D eigenvalue weighted by molar-refractivity contribution is -0.122. The Labute approximate surface area is 105 Å². The number of nitrogens with zero attached hydrogens (tertiary/aromatic N) is 2. The molecule has 1 atom stereocenters. The molecule has 2 heterocycles. The Kier molecular flexibility index (Phi) is 3.61. The molecular formula is C11H17N5O2. The number of carbonyl (C=O) groups is 1. The van der Waals surface area contributed by atoms with E-state index >= 15 is 0 Å². The molecule has 0 spiro atoms. The number of hydrogen-bond acceptors (Lipinski definition) is 5. The van der Waals surface area contributed by atoms with E-state index in [4.69, 9.17) is 0 Å². The zero-order valence-corrected chi connectivity index (χ0v) is 10.5. The van der Waals surface area contributed by atoms with Crippen LogP contribution < -0.4 is 21.1 Å². The van der Waals surface area contributed by atoms with Crippen molar-refractivity contribution in [3.63, 3.8) is 0 Å². The number of amides is 1. The van der Waals surface area contributed by atoms with Gasteiger partial charge in [0.15, 0.2) is 0 Å². The van der Waals surface area contributed by atoms with Crippen molar-refractivity contribution in [2.75, 3.05) is 31.6 Å². The van der Waals surface area contributed by atoms with Crippen molar-refractivity contribution in [2.45, 2.75) is 13.0 Å². The predicted octanol–water partition coefficient (Wildman–Crippen LogP) is -1.40. The van der Waals surface area contributed by atoms with Crippen LogP contribution in [0.25, 0.3) is 0 Å². The third-order valence-corrected chi connectivity index (χ3v) is 2.93. The fraction of sp³-hybridized carbons (Fsp3) is 0.545. The quantitative estimate of drug-likeness (QED) is 0.601. The third-order valence-electron chi connectivity index (χ3n) is 2.93. The highest BCUT2D eigenvalue weighted by atomic mass is 16.2. The molecule has 1 amide bonds. The Morgan fingerprint density at radius 1 is 1.61 bits per heavy atom. The number of anilines is 1. The summed E-state index contributed by atoms with van der Waals surface area (Å²) in [6, 6.07) is 1.09. The number of hydrogen-bond donors (Lipinski definition) is 3. The van der Waals surface area contributed by atoms with Crippen molar-refractivity contribution in [1.29, 1.82) is 0 Å². The number of aryl methyl sites for hydroxylation is 1. The lowest BCUT2D eigenvalue weighted by atomic mass is 10.1. The van der Waals surface area contributed by atoms with Gasteiger partial charge in [-0.3, -0.25) is 9.59 Å². The second kappa shape index (κ2) is 5.18. The topological polar surface area (TPSA) is 90.1 Å². The first-order valence-corrected chi connectivity index (χ1v) is 5.88. The molecule has 1 aromatic heterocycles. The molecule has 1 saturated heterocycles. The summed E-state index contributed by atoms with van der Waals surface area (Å²) in [5.41, 5.74) is -0.202. The van der Waals surface area contributed by atoms with Gasteiger partial charge in [-0.15, -0.1) is 0 Å². The number of aromatic amines is 1. The first-order chi connectivity index (χ1) is 8.61. The number of piperazine rings is 1. The van der Waals surface area contributed by atoms with Crippen LogP contribution in [-0.2, 0) is 4.79 Å². The molecule has 18 heavy (non-hydrogen) atoms. The minimum absolute atomic E-state index is 0.0815. The molecule has 0 saturated carbocycles. The summed E-state index contributed by atoms with van der Waals surface area (Å²) in [6.45, 7) is 3.68. The average Bonchev–Trinajstić information content (AvgIpc) is 2.36. The molecule has 0 aromatic carbocycles. The van der Waals surface area contributed by atoms with Gasteiger partial charge >= 0.3 is 0 Å². The molecule has 7 heteroatoms. The van der Waals surface area contributed by atoms with Crippen LogP contribution >= 0.6 is 0 Å². The highest BCUT2D eigenvalue weighted by Crippen LogP contribution is 2.13. The molecule has 0 radical (unpaired) electrons. The zero-order valence-electron chi connectivity index (χ0n) is 10.5. The molecule has 0 bridgehead atoms. The first-order valence-electron chi connectivity index (χ1n) is 5.88. The number of aromatic nitrogens is 2. The zero-order chi connectivity index (χ0) is 13.1. The van der Waals surface area contributed by atoms with Gasteiger partial charge in [0.2, 0.25) is 5.91 Å². The van der Waals surface area contributed by atoms with E-state index in [-0.39, 0.29) is 17.5 Å². The summed E-state index contributed by atoms with van der Waals surface area (Å²) in [7, 11) is 1.60. The van der Waals surface area contributed by atoms with E-state index < -0.39 is 0 Å². The summed E-state index contributed by atoms with van der Waals surface area (Å²) in [6.07, 6.45) is 0. The van der Waals surface area contributed by atoms with Crippen molar-refractivity contribution >= 4 is 11.7 Å². The minimum atomic E-state index is -0.336. The van der Waals surface area contributed by atoms with Gasteiger partial charge in [-0.2, -0.15) is 0 Å². The summed E-state index contributed by atoms with van der Waals surface area (Å²) in [5, 5.41) is 5.79. The number of H-pyrrole nitrogens is 1. The summed E-state index contributed by atoms with van der Waals surface area (Å²) >= 11 is 0. The molecule has 1 unspecified atom stereocenters. The Morgan fingerprint density at radius 3 is 3.06 bits per heavy atom. The SMILES string of the molecule is CNC(=O)C1CNCCN1c1cc(=O)[nH]c(C)n1. The molecule has 1 fully saturated rings. The van der Waals surface area contributed by atoms with E-state index in [2.05, 4.69) is 20.6 Å². The van der Waals surface area contributed by atoms with Crippen molar-refractivity contribution in [3.05, 3.63) is 22.2 Å². The molecule has 0 aliphatic carbocycles. The average molecular weight is 251 g/mol. The van der Waals surface area contributed by atoms with Crippen molar-refractivity contribution in [2.24, 2.45) is 0 Å². The standard InChI is InChI=1S/C11H17N5O2/c1-7-14-9(5-10(17)15-7)16-4-3-13-6-8(16)11(18)12-2/h5,8,13H,3-4,6H2,1-2H3,(H,12,18)(H,14,15,17). The summed E-state index contributed by atoms with van der Waals surface area (Å²) < 4.78 is 0. The van der Waals surface area contributed by atoms with Gasteiger partial charge in [0.25, 0.3) is 5.56 Å². The van der Waals surface area contributed by atoms with E-state index in [0.29, 0.717) is 24.7 Å². The maximum atomic E-state index is 11.8. The Hall–Kier alpha value is -1.89. The highest BCUT2D eigenvalue weighted by molar-refractivity contribution is 5.85. The predicted molar refractivity (Wildman–Crippen MR) is 67.7 cm³/mol. The fourth-order valence-electron chi connectivity index (χ4n) is 2.09. The maximum absolute atomic E-state index is 11.8. The number of nitrogens with one attached hydrogen (secondary N) is 3. The second-order valence-corrected chi connectivity index (χ2v) is 4.22. The maximum Gasteiger partial charge on any atom is 0.252 e. The van der Waals surface area contributed by atoms with E-state index in [0.717, 1.165) is 6.54 Å². The Morgan fingerprint density at radius 2 is 2.39 bits per heavy atom. The molecule has 2 rings (SSSR count). The lowest BCUT2D eigenvalue weighted by Crippen LogP contribution is -2.58. The van der Waals surface area contributed by atoms with Gasteiger partial charge in [0.05, 0.1) is 0 Å². The molecular weight excluding hydrogens is 234 g/mol. The normalized spacial score (nSPS) is 19.7. The lowest BCUT2D eigenvalue weighted by Gasteiger charge is -2.35. The van der Waals surface area contributed by atoms with Crippen LogP contribution in [-0.4, -0.2) is 48.6 Å². The third kappa shape index (κ3) is 2.51. The molecule has 1 aromatic rings. The Bertz CT molecular complexity index is 498. The fourth-order valence-corrected chi connectivity index (χ4v) is 2.09. The molecule has 1 aliphatic heterocycles. The van der Waals surface area contributed by atoms with Gasteiger partial charge < -0.3 is 20.5 Å². The van der Waals surface area contributed by atoms with Crippen molar-refractivity contribution in [1.82, 2.24) is 20.6 Å². The van der Waals surface area contributed by atoms with Gasteiger partial charge in [-0.1, -0.05) is 0 Å². The molecule has 1 aliphatic rings.